The zero-order chi connectivity index (χ0) is 12.0. The molecule has 0 aromatic heterocycles. The summed E-state index contributed by atoms with van der Waals surface area (Å²) in [5.74, 6) is 0.130. The fourth-order valence-electron chi connectivity index (χ4n) is 1.05. The summed E-state index contributed by atoms with van der Waals surface area (Å²) < 4.78 is 5.46. The van der Waals surface area contributed by atoms with Crippen molar-refractivity contribution in [2.45, 2.75) is 19.8 Å². The fourth-order valence-corrected chi connectivity index (χ4v) is 1.43. The number of benzene rings is 1. The number of ether oxygens (including phenoxy) is 1. The van der Waals surface area contributed by atoms with Crippen molar-refractivity contribution in [2.24, 2.45) is 0 Å². The van der Waals surface area contributed by atoms with E-state index in [1.165, 1.54) is 6.07 Å². The van der Waals surface area contributed by atoms with E-state index in [0.717, 1.165) is 12.8 Å². The summed E-state index contributed by atoms with van der Waals surface area (Å²) in [6.45, 7) is 2.44. The smallest absolute Gasteiger partial charge is 0.411 e. The Morgan fingerprint density at radius 3 is 2.94 bits per heavy atom. The van der Waals surface area contributed by atoms with Gasteiger partial charge in [0.2, 0.25) is 0 Å². The van der Waals surface area contributed by atoms with Crippen LogP contribution in [0.5, 0.6) is 5.75 Å². The monoisotopic (exact) mass is 287 g/mol. The molecule has 0 unspecified atom stereocenters. The van der Waals surface area contributed by atoms with Crippen molar-refractivity contribution in [1.29, 1.82) is 0 Å². The van der Waals surface area contributed by atoms with Gasteiger partial charge in [0.05, 0.1) is 11.1 Å². The van der Waals surface area contributed by atoms with Crippen LogP contribution >= 0.6 is 15.9 Å². The number of aromatic hydroxyl groups is 1. The number of nitrogens with one attached hydrogen (secondary N) is 1. The maximum atomic E-state index is 11.3. The predicted molar refractivity (Wildman–Crippen MR) is 65.7 cm³/mol. The number of carbonyl (C=O) groups is 1. The molecule has 0 atom stereocenters. The van der Waals surface area contributed by atoms with Crippen molar-refractivity contribution in [2.75, 3.05) is 11.9 Å². The topological polar surface area (TPSA) is 58.6 Å². The first kappa shape index (κ1) is 12.8. The number of hydrogen-bond acceptors (Lipinski definition) is 3. The number of phenolic OH excluding ortho intramolecular Hbond substituents is 1. The molecule has 0 saturated heterocycles. The maximum absolute atomic E-state index is 11.3. The van der Waals surface area contributed by atoms with E-state index >= 15 is 0 Å². The first-order chi connectivity index (χ1) is 7.63. The SMILES string of the molecule is CCCCOC(=O)Nc1ccc(O)c(Br)c1. The molecule has 1 aromatic carbocycles. The van der Waals surface area contributed by atoms with Crippen LogP contribution in [0, 0.1) is 0 Å². The second kappa shape index (κ2) is 6.37. The normalized spacial score (nSPS) is 9.88. The van der Waals surface area contributed by atoms with Crippen LogP contribution in [0.15, 0.2) is 22.7 Å². The van der Waals surface area contributed by atoms with Crippen LogP contribution < -0.4 is 5.32 Å². The number of hydrogen-bond donors (Lipinski definition) is 2. The molecule has 0 bridgehead atoms. The summed E-state index contributed by atoms with van der Waals surface area (Å²) in [4.78, 5) is 11.3. The summed E-state index contributed by atoms with van der Waals surface area (Å²) in [6.07, 6.45) is 1.36. The van der Waals surface area contributed by atoms with Gasteiger partial charge < -0.3 is 9.84 Å². The number of carbonyl (C=O) groups excluding carboxylic acids is 1. The van der Waals surface area contributed by atoms with Crippen molar-refractivity contribution in [3.8, 4) is 5.75 Å². The number of anilines is 1. The van der Waals surface area contributed by atoms with Gasteiger partial charge in [-0.05, 0) is 40.5 Å². The molecule has 1 aromatic rings. The highest BCUT2D eigenvalue weighted by Gasteiger charge is 2.04. The highest BCUT2D eigenvalue weighted by atomic mass is 79.9. The third-order valence-electron chi connectivity index (χ3n) is 1.93. The van der Waals surface area contributed by atoms with Crippen molar-refractivity contribution >= 4 is 27.7 Å². The Hall–Kier alpha value is -1.23. The molecule has 16 heavy (non-hydrogen) atoms. The second-order valence-corrected chi connectivity index (χ2v) is 4.14. The zero-order valence-corrected chi connectivity index (χ0v) is 10.6. The predicted octanol–water partition coefficient (Wildman–Crippen LogP) is 3.50. The largest absolute Gasteiger partial charge is 0.507 e. The van der Waals surface area contributed by atoms with Gasteiger partial charge in [0, 0.05) is 5.69 Å². The quantitative estimate of drug-likeness (QED) is 0.658. The minimum Gasteiger partial charge on any atom is -0.507 e. The molecule has 0 aliphatic carbocycles. The van der Waals surface area contributed by atoms with Crippen molar-refractivity contribution in [3.63, 3.8) is 0 Å². The molecule has 2 N–H and O–H groups in total. The van der Waals surface area contributed by atoms with Crippen LogP contribution in [0.3, 0.4) is 0 Å². The first-order valence-corrected chi connectivity index (χ1v) is 5.85. The third kappa shape index (κ3) is 4.10. The second-order valence-electron chi connectivity index (χ2n) is 3.28. The van der Waals surface area contributed by atoms with Crippen LogP contribution in [0.25, 0.3) is 0 Å². The van der Waals surface area contributed by atoms with Crippen LogP contribution in [0.1, 0.15) is 19.8 Å². The highest BCUT2D eigenvalue weighted by molar-refractivity contribution is 9.10. The Morgan fingerprint density at radius 1 is 1.56 bits per heavy atom. The van der Waals surface area contributed by atoms with Gasteiger partial charge in [-0.3, -0.25) is 5.32 Å². The van der Waals surface area contributed by atoms with Gasteiger partial charge in [0.1, 0.15) is 5.75 Å². The lowest BCUT2D eigenvalue weighted by Crippen LogP contribution is -2.14. The molecule has 0 saturated carbocycles. The van der Waals surface area contributed by atoms with Gasteiger partial charge in [0.15, 0.2) is 0 Å². The molecule has 0 spiro atoms. The van der Waals surface area contributed by atoms with Crippen molar-refractivity contribution in [1.82, 2.24) is 0 Å². The average Bonchev–Trinajstić information content (AvgIpc) is 2.24. The lowest BCUT2D eigenvalue weighted by Gasteiger charge is -2.07. The summed E-state index contributed by atoms with van der Waals surface area (Å²) in [6, 6.07) is 4.70. The number of halogens is 1. The van der Waals surface area contributed by atoms with E-state index < -0.39 is 6.09 Å². The summed E-state index contributed by atoms with van der Waals surface area (Å²) in [5.41, 5.74) is 0.575. The molecule has 1 amide bonds. The third-order valence-corrected chi connectivity index (χ3v) is 2.56. The minimum absolute atomic E-state index is 0.130. The van der Waals surface area contributed by atoms with E-state index in [2.05, 4.69) is 21.2 Å². The van der Waals surface area contributed by atoms with E-state index in [1.807, 2.05) is 6.92 Å². The average molecular weight is 288 g/mol. The van der Waals surface area contributed by atoms with Gasteiger partial charge in [-0.25, -0.2) is 4.79 Å². The fraction of sp³-hybridized carbons (Fsp3) is 0.364. The Labute approximate surface area is 103 Å². The van der Waals surface area contributed by atoms with Crippen LogP contribution in [0.4, 0.5) is 10.5 Å². The Morgan fingerprint density at radius 2 is 2.31 bits per heavy atom. The number of rotatable bonds is 4. The molecule has 0 radical (unpaired) electrons. The van der Waals surface area contributed by atoms with Crippen LogP contribution in [-0.2, 0) is 4.74 Å². The van der Waals surface area contributed by atoms with Gasteiger partial charge in [-0.1, -0.05) is 13.3 Å². The Kier molecular flexibility index (Phi) is 5.11. The standard InChI is InChI=1S/C11H14BrNO3/c1-2-3-6-16-11(15)13-8-4-5-10(14)9(12)7-8/h4-5,7,14H,2-3,6H2,1H3,(H,13,15). The first-order valence-electron chi connectivity index (χ1n) is 5.05. The van der Waals surface area contributed by atoms with Gasteiger partial charge in [0.25, 0.3) is 0 Å². The van der Waals surface area contributed by atoms with E-state index in [4.69, 9.17) is 4.74 Å². The molecule has 0 aliphatic rings. The minimum atomic E-state index is -0.481. The van der Waals surface area contributed by atoms with E-state index in [0.29, 0.717) is 16.8 Å². The zero-order valence-electron chi connectivity index (χ0n) is 9.00. The molecule has 0 fully saturated rings. The molecule has 88 valence electrons. The molecule has 4 nitrogen and oxygen atoms in total. The van der Waals surface area contributed by atoms with Crippen molar-refractivity contribution < 1.29 is 14.6 Å². The summed E-state index contributed by atoms with van der Waals surface area (Å²) in [5, 5.41) is 11.8. The number of amides is 1. The lowest BCUT2D eigenvalue weighted by molar-refractivity contribution is 0.160. The Balaban J connectivity index is 2.46. The highest BCUT2D eigenvalue weighted by Crippen LogP contribution is 2.26. The van der Waals surface area contributed by atoms with Gasteiger partial charge in [-0.15, -0.1) is 0 Å². The molecule has 0 aliphatic heterocycles. The Bertz CT molecular complexity index is 368. The summed E-state index contributed by atoms with van der Waals surface area (Å²) in [7, 11) is 0. The van der Waals surface area contributed by atoms with E-state index in [1.54, 1.807) is 12.1 Å². The summed E-state index contributed by atoms with van der Waals surface area (Å²) >= 11 is 3.16. The van der Waals surface area contributed by atoms with Gasteiger partial charge in [-0.2, -0.15) is 0 Å². The van der Waals surface area contributed by atoms with Crippen LogP contribution in [0.2, 0.25) is 0 Å². The van der Waals surface area contributed by atoms with E-state index in [9.17, 15) is 9.90 Å². The lowest BCUT2D eigenvalue weighted by atomic mass is 10.3. The van der Waals surface area contributed by atoms with Crippen LogP contribution in [-0.4, -0.2) is 17.8 Å². The molecular weight excluding hydrogens is 274 g/mol. The number of unbranched alkanes of at least 4 members (excludes halogenated alkanes) is 1. The number of phenols is 1. The molecular formula is C11H14BrNO3. The van der Waals surface area contributed by atoms with E-state index in [-0.39, 0.29) is 5.75 Å². The molecule has 1 rings (SSSR count). The van der Waals surface area contributed by atoms with Crippen molar-refractivity contribution in [3.05, 3.63) is 22.7 Å². The molecule has 5 heteroatoms. The van der Waals surface area contributed by atoms with Gasteiger partial charge >= 0.3 is 6.09 Å². The molecule has 0 heterocycles. The maximum Gasteiger partial charge on any atom is 0.411 e.